The van der Waals surface area contributed by atoms with E-state index in [1.54, 1.807) is 32.0 Å². The maximum atomic E-state index is 14.5. The number of aryl methyl sites for hydroxylation is 3. The van der Waals surface area contributed by atoms with Crippen LogP contribution in [0.1, 0.15) is 32.6 Å². The molecule has 0 atom stereocenters. The first kappa shape index (κ1) is 16.8. The van der Waals surface area contributed by atoms with Crippen molar-refractivity contribution in [3.05, 3.63) is 57.9 Å². The SMILES string of the molecule is Cc1cc(C(=O)O)cc(-c2noc(-c3c(C)ccc(C)c3F)n2)c1C. The van der Waals surface area contributed by atoms with Crippen LogP contribution in [0.4, 0.5) is 4.39 Å². The first-order valence-electron chi connectivity index (χ1n) is 7.74. The Morgan fingerprint density at radius 3 is 2.44 bits per heavy atom. The molecule has 0 aliphatic carbocycles. The molecule has 0 saturated carbocycles. The molecule has 25 heavy (non-hydrogen) atoms. The van der Waals surface area contributed by atoms with E-state index in [1.807, 2.05) is 13.8 Å². The molecule has 3 aromatic rings. The molecule has 1 aromatic heterocycles. The van der Waals surface area contributed by atoms with E-state index in [-0.39, 0.29) is 22.8 Å². The highest BCUT2D eigenvalue weighted by Crippen LogP contribution is 2.31. The van der Waals surface area contributed by atoms with E-state index >= 15 is 0 Å². The number of carboxylic acids is 1. The Kier molecular flexibility index (Phi) is 4.12. The van der Waals surface area contributed by atoms with Crippen LogP contribution in [0, 0.1) is 33.5 Å². The van der Waals surface area contributed by atoms with Crippen molar-refractivity contribution in [1.82, 2.24) is 10.1 Å². The number of aromatic nitrogens is 2. The van der Waals surface area contributed by atoms with Crippen molar-refractivity contribution < 1.29 is 18.8 Å². The van der Waals surface area contributed by atoms with Gasteiger partial charge in [-0.3, -0.25) is 0 Å². The molecular weight excluding hydrogens is 323 g/mol. The average molecular weight is 340 g/mol. The van der Waals surface area contributed by atoms with Gasteiger partial charge in [-0.15, -0.1) is 0 Å². The second kappa shape index (κ2) is 6.12. The Labute approximate surface area is 144 Å². The zero-order valence-electron chi connectivity index (χ0n) is 14.3. The highest BCUT2D eigenvalue weighted by atomic mass is 19.1. The molecule has 0 saturated heterocycles. The van der Waals surface area contributed by atoms with Gasteiger partial charge in [0.2, 0.25) is 5.82 Å². The largest absolute Gasteiger partial charge is 0.478 e. The van der Waals surface area contributed by atoms with E-state index in [4.69, 9.17) is 4.52 Å². The van der Waals surface area contributed by atoms with Gasteiger partial charge in [0.1, 0.15) is 5.82 Å². The summed E-state index contributed by atoms with van der Waals surface area (Å²) in [6.07, 6.45) is 0. The quantitative estimate of drug-likeness (QED) is 0.761. The second-order valence-electron chi connectivity index (χ2n) is 6.08. The van der Waals surface area contributed by atoms with Gasteiger partial charge in [0.15, 0.2) is 0 Å². The molecule has 0 amide bonds. The maximum absolute atomic E-state index is 14.5. The molecule has 0 spiro atoms. The summed E-state index contributed by atoms with van der Waals surface area (Å²) in [6.45, 7) is 7.10. The van der Waals surface area contributed by atoms with Gasteiger partial charge in [0, 0.05) is 5.56 Å². The molecule has 0 aliphatic rings. The Hall–Kier alpha value is -3.02. The first-order valence-corrected chi connectivity index (χ1v) is 7.74. The van der Waals surface area contributed by atoms with Crippen molar-refractivity contribution in [2.75, 3.05) is 0 Å². The van der Waals surface area contributed by atoms with Crippen molar-refractivity contribution in [1.29, 1.82) is 0 Å². The Morgan fingerprint density at radius 2 is 1.76 bits per heavy atom. The molecule has 2 aromatic carbocycles. The van der Waals surface area contributed by atoms with Gasteiger partial charge in [0.25, 0.3) is 5.89 Å². The van der Waals surface area contributed by atoms with Crippen LogP contribution in [-0.4, -0.2) is 21.2 Å². The van der Waals surface area contributed by atoms with Gasteiger partial charge >= 0.3 is 5.97 Å². The summed E-state index contributed by atoms with van der Waals surface area (Å²) < 4.78 is 19.7. The highest BCUT2D eigenvalue weighted by Gasteiger charge is 2.20. The number of carbonyl (C=O) groups is 1. The van der Waals surface area contributed by atoms with Crippen LogP contribution >= 0.6 is 0 Å². The Bertz CT molecular complexity index is 993. The van der Waals surface area contributed by atoms with Crippen LogP contribution in [0.25, 0.3) is 22.8 Å². The summed E-state index contributed by atoms with van der Waals surface area (Å²) in [5.41, 5.74) is 3.78. The second-order valence-corrected chi connectivity index (χ2v) is 6.08. The minimum absolute atomic E-state index is 0.0754. The van der Waals surface area contributed by atoms with E-state index in [9.17, 15) is 14.3 Å². The van der Waals surface area contributed by atoms with Gasteiger partial charge in [-0.05, 0) is 62.1 Å². The fourth-order valence-corrected chi connectivity index (χ4v) is 2.69. The molecular formula is C19H17FN2O3. The molecule has 5 nitrogen and oxygen atoms in total. The molecule has 1 N–H and O–H groups in total. The molecule has 128 valence electrons. The van der Waals surface area contributed by atoms with Crippen LogP contribution in [0.5, 0.6) is 0 Å². The molecule has 0 aliphatic heterocycles. The lowest BCUT2D eigenvalue weighted by molar-refractivity contribution is 0.0697. The zero-order chi connectivity index (χ0) is 18.3. The number of benzene rings is 2. The van der Waals surface area contributed by atoms with Crippen molar-refractivity contribution in [2.45, 2.75) is 27.7 Å². The van der Waals surface area contributed by atoms with Crippen LogP contribution in [0.2, 0.25) is 0 Å². The maximum Gasteiger partial charge on any atom is 0.335 e. The molecule has 0 fully saturated rings. The predicted octanol–water partition coefficient (Wildman–Crippen LogP) is 4.47. The fourth-order valence-electron chi connectivity index (χ4n) is 2.69. The summed E-state index contributed by atoms with van der Waals surface area (Å²) in [7, 11) is 0. The summed E-state index contributed by atoms with van der Waals surface area (Å²) >= 11 is 0. The van der Waals surface area contributed by atoms with Crippen molar-refractivity contribution in [3.8, 4) is 22.8 Å². The van der Waals surface area contributed by atoms with E-state index in [1.165, 1.54) is 6.07 Å². The third-order valence-electron chi connectivity index (χ3n) is 4.34. The Balaban J connectivity index is 2.15. The summed E-state index contributed by atoms with van der Waals surface area (Å²) in [5, 5.41) is 13.2. The van der Waals surface area contributed by atoms with Crippen LogP contribution in [0.3, 0.4) is 0 Å². The number of rotatable bonds is 3. The van der Waals surface area contributed by atoms with E-state index in [0.717, 1.165) is 11.1 Å². The lowest BCUT2D eigenvalue weighted by atomic mass is 9.99. The lowest BCUT2D eigenvalue weighted by Gasteiger charge is -2.07. The van der Waals surface area contributed by atoms with Crippen molar-refractivity contribution >= 4 is 5.97 Å². The van der Waals surface area contributed by atoms with E-state index in [2.05, 4.69) is 10.1 Å². The summed E-state index contributed by atoms with van der Waals surface area (Å²) in [6, 6.07) is 6.57. The van der Waals surface area contributed by atoms with Crippen molar-refractivity contribution in [2.24, 2.45) is 0 Å². The summed E-state index contributed by atoms with van der Waals surface area (Å²) in [4.78, 5) is 15.6. The van der Waals surface area contributed by atoms with Crippen LogP contribution in [0.15, 0.2) is 28.8 Å². The van der Waals surface area contributed by atoms with Gasteiger partial charge in [-0.1, -0.05) is 17.3 Å². The van der Waals surface area contributed by atoms with E-state index in [0.29, 0.717) is 16.7 Å². The number of aromatic carboxylic acids is 1. The molecule has 0 radical (unpaired) electrons. The molecule has 6 heteroatoms. The predicted molar refractivity (Wildman–Crippen MR) is 91.0 cm³/mol. The van der Waals surface area contributed by atoms with Gasteiger partial charge in [0.05, 0.1) is 11.1 Å². The smallest absolute Gasteiger partial charge is 0.335 e. The average Bonchev–Trinajstić information content (AvgIpc) is 3.03. The minimum Gasteiger partial charge on any atom is -0.478 e. The first-order chi connectivity index (χ1) is 11.8. The fraction of sp³-hybridized carbons (Fsp3) is 0.211. The lowest BCUT2D eigenvalue weighted by Crippen LogP contribution is -2.00. The monoisotopic (exact) mass is 340 g/mol. The van der Waals surface area contributed by atoms with Crippen molar-refractivity contribution in [3.63, 3.8) is 0 Å². The minimum atomic E-state index is -1.03. The zero-order valence-corrected chi connectivity index (χ0v) is 14.3. The van der Waals surface area contributed by atoms with Gasteiger partial charge < -0.3 is 9.63 Å². The third-order valence-corrected chi connectivity index (χ3v) is 4.34. The van der Waals surface area contributed by atoms with Crippen LogP contribution in [-0.2, 0) is 0 Å². The number of carboxylic acid groups (broad SMARTS) is 1. The molecule has 0 unspecified atom stereocenters. The third kappa shape index (κ3) is 2.91. The number of halogens is 1. The Morgan fingerprint density at radius 1 is 1.08 bits per heavy atom. The topological polar surface area (TPSA) is 76.2 Å². The summed E-state index contributed by atoms with van der Waals surface area (Å²) in [5.74, 6) is -1.12. The highest BCUT2D eigenvalue weighted by molar-refractivity contribution is 5.90. The van der Waals surface area contributed by atoms with E-state index < -0.39 is 11.8 Å². The van der Waals surface area contributed by atoms with Crippen LogP contribution < -0.4 is 0 Å². The van der Waals surface area contributed by atoms with Gasteiger partial charge in [-0.2, -0.15) is 4.98 Å². The number of hydrogen-bond acceptors (Lipinski definition) is 4. The number of nitrogens with zero attached hydrogens (tertiary/aromatic N) is 2. The standard InChI is InChI=1S/C19H17FN2O3/c1-9-5-6-10(2)16(20)15(9)18-21-17(22-25-18)14-8-13(19(23)24)7-11(3)12(14)4/h5-8H,1-4H3,(H,23,24). The number of hydrogen-bond donors (Lipinski definition) is 1. The molecule has 1 heterocycles. The molecule has 0 bridgehead atoms. The van der Waals surface area contributed by atoms with Gasteiger partial charge in [-0.25, -0.2) is 9.18 Å². The molecule has 3 rings (SSSR count). The normalized spacial score (nSPS) is 10.9.